The Balaban J connectivity index is 2.07. The Hall–Kier alpha value is -1.67. The fraction of sp³-hybridized carbons (Fsp3) is 0.214. The Morgan fingerprint density at radius 1 is 1.12 bits per heavy atom. The predicted molar refractivity (Wildman–Crippen MR) is 65.0 cm³/mol. The summed E-state index contributed by atoms with van der Waals surface area (Å²) < 4.78 is 0. The molecule has 0 amide bonds. The number of nitrogens with zero attached hydrogens (tertiary/aromatic N) is 1. The van der Waals surface area contributed by atoms with Crippen molar-refractivity contribution in [2.45, 2.75) is 20.0 Å². The summed E-state index contributed by atoms with van der Waals surface area (Å²) in [4.78, 5) is 4.52. The number of aryl methyl sites for hydroxylation is 1. The van der Waals surface area contributed by atoms with Gasteiger partial charge in [-0.1, -0.05) is 23.8 Å². The Morgan fingerprint density at radius 3 is 2.88 bits per heavy atom. The van der Waals surface area contributed by atoms with Gasteiger partial charge in [-0.2, -0.15) is 0 Å². The molecule has 16 heavy (non-hydrogen) atoms. The van der Waals surface area contributed by atoms with Crippen LogP contribution in [0.4, 0.5) is 0 Å². The molecular weight excluding hydrogens is 196 g/mol. The summed E-state index contributed by atoms with van der Waals surface area (Å²) >= 11 is 0. The molecule has 2 heteroatoms. The minimum Gasteiger partial charge on any atom is -0.309 e. The van der Waals surface area contributed by atoms with Crippen molar-refractivity contribution in [2.24, 2.45) is 0 Å². The van der Waals surface area contributed by atoms with Crippen molar-refractivity contribution in [1.29, 1.82) is 0 Å². The number of benzene rings is 1. The van der Waals surface area contributed by atoms with E-state index in [1.165, 1.54) is 22.3 Å². The van der Waals surface area contributed by atoms with Gasteiger partial charge in [0, 0.05) is 24.8 Å². The predicted octanol–water partition coefficient (Wildman–Crippen LogP) is 2.66. The molecule has 1 aromatic carbocycles. The lowest BCUT2D eigenvalue weighted by Gasteiger charge is -2.04. The van der Waals surface area contributed by atoms with E-state index in [2.05, 4.69) is 47.6 Å². The maximum atomic E-state index is 4.52. The molecule has 2 aromatic rings. The van der Waals surface area contributed by atoms with Crippen molar-refractivity contribution in [3.8, 4) is 11.3 Å². The van der Waals surface area contributed by atoms with Gasteiger partial charge in [-0.3, -0.25) is 4.98 Å². The molecule has 1 aliphatic rings. The smallest absolute Gasteiger partial charge is 0.0705 e. The fourth-order valence-electron chi connectivity index (χ4n) is 2.14. The molecule has 2 heterocycles. The number of nitrogens with one attached hydrogen (secondary N) is 1. The molecule has 0 aliphatic carbocycles. The van der Waals surface area contributed by atoms with E-state index in [1.807, 2.05) is 6.20 Å². The number of hydrogen-bond acceptors (Lipinski definition) is 2. The van der Waals surface area contributed by atoms with Crippen molar-refractivity contribution < 1.29 is 0 Å². The number of pyridine rings is 1. The van der Waals surface area contributed by atoms with E-state index in [9.17, 15) is 0 Å². The second kappa shape index (κ2) is 3.72. The Kier molecular flexibility index (Phi) is 2.22. The molecule has 0 radical (unpaired) electrons. The van der Waals surface area contributed by atoms with Crippen molar-refractivity contribution in [1.82, 2.24) is 10.3 Å². The highest BCUT2D eigenvalue weighted by atomic mass is 14.9. The van der Waals surface area contributed by atoms with Crippen LogP contribution in [-0.2, 0) is 13.1 Å². The van der Waals surface area contributed by atoms with Gasteiger partial charge in [0.25, 0.3) is 0 Å². The normalized spacial score (nSPS) is 13.8. The van der Waals surface area contributed by atoms with Gasteiger partial charge in [-0.25, -0.2) is 0 Å². The summed E-state index contributed by atoms with van der Waals surface area (Å²) in [5.74, 6) is 0. The lowest BCUT2D eigenvalue weighted by Crippen LogP contribution is -1.99. The molecular formula is C14H14N2. The van der Waals surface area contributed by atoms with Crippen molar-refractivity contribution in [2.75, 3.05) is 0 Å². The third kappa shape index (κ3) is 1.61. The zero-order chi connectivity index (χ0) is 11.0. The molecule has 3 rings (SSSR count). The largest absolute Gasteiger partial charge is 0.309 e. The molecule has 2 nitrogen and oxygen atoms in total. The van der Waals surface area contributed by atoms with Gasteiger partial charge < -0.3 is 5.32 Å². The van der Waals surface area contributed by atoms with Crippen molar-refractivity contribution in [3.05, 3.63) is 53.2 Å². The summed E-state index contributed by atoms with van der Waals surface area (Å²) in [6, 6.07) is 10.7. The summed E-state index contributed by atoms with van der Waals surface area (Å²) in [7, 11) is 0. The van der Waals surface area contributed by atoms with E-state index in [0.717, 1.165) is 18.8 Å². The Labute approximate surface area is 95.3 Å². The van der Waals surface area contributed by atoms with E-state index < -0.39 is 0 Å². The van der Waals surface area contributed by atoms with Gasteiger partial charge in [-0.05, 0) is 30.2 Å². The first-order valence-corrected chi connectivity index (χ1v) is 5.58. The Bertz CT molecular complexity index is 532. The molecule has 0 bridgehead atoms. The van der Waals surface area contributed by atoms with Gasteiger partial charge in [-0.15, -0.1) is 0 Å². The summed E-state index contributed by atoms with van der Waals surface area (Å²) in [5.41, 5.74) is 6.27. The first-order valence-electron chi connectivity index (χ1n) is 5.58. The van der Waals surface area contributed by atoms with Crippen molar-refractivity contribution in [3.63, 3.8) is 0 Å². The Morgan fingerprint density at radius 2 is 2.00 bits per heavy atom. The van der Waals surface area contributed by atoms with Crippen LogP contribution in [0.2, 0.25) is 0 Å². The monoisotopic (exact) mass is 210 g/mol. The summed E-state index contributed by atoms with van der Waals surface area (Å²) in [6.45, 7) is 4.03. The maximum Gasteiger partial charge on any atom is 0.0705 e. The van der Waals surface area contributed by atoms with Crippen LogP contribution in [0.25, 0.3) is 11.3 Å². The minimum absolute atomic E-state index is 0.955. The first kappa shape index (κ1) is 9.55. The zero-order valence-corrected chi connectivity index (χ0v) is 9.33. The van der Waals surface area contributed by atoms with E-state index in [0.29, 0.717) is 0 Å². The van der Waals surface area contributed by atoms with Crippen molar-refractivity contribution >= 4 is 0 Å². The topological polar surface area (TPSA) is 24.9 Å². The first-order chi connectivity index (χ1) is 7.83. The molecule has 1 aromatic heterocycles. The van der Waals surface area contributed by atoms with E-state index in [-0.39, 0.29) is 0 Å². The third-order valence-electron chi connectivity index (χ3n) is 3.03. The highest BCUT2D eigenvalue weighted by Crippen LogP contribution is 2.22. The molecule has 1 aliphatic heterocycles. The average molecular weight is 210 g/mol. The second-order valence-corrected chi connectivity index (χ2v) is 4.31. The van der Waals surface area contributed by atoms with Gasteiger partial charge in [0.15, 0.2) is 0 Å². The van der Waals surface area contributed by atoms with Gasteiger partial charge >= 0.3 is 0 Å². The molecule has 0 saturated carbocycles. The standard InChI is InChI=1S/C14H14N2/c1-10-3-2-4-11(5-10)14-6-12-7-15-8-13(12)9-16-14/h2-6,9,15H,7-8H2,1H3. The number of aromatic nitrogens is 1. The lowest BCUT2D eigenvalue weighted by atomic mass is 10.1. The highest BCUT2D eigenvalue weighted by molar-refractivity contribution is 5.61. The molecule has 0 unspecified atom stereocenters. The zero-order valence-electron chi connectivity index (χ0n) is 9.33. The van der Waals surface area contributed by atoms with Crippen LogP contribution in [0.3, 0.4) is 0 Å². The number of rotatable bonds is 1. The van der Waals surface area contributed by atoms with Gasteiger partial charge in [0.1, 0.15) is 0 Å². The quantitative estimate of drug-likeness (QED) is 0.782. The second-order valence-electron chi connectivity index (χ2n) is 4.31. The van der Waals surface area contributed by atoms with Crippen LogP contribution in [-0.4, -0.2) is 4.98 Å². The van der Waals surface area contributed by atoms with Gasteiger partial charge in [0.2, 0.25) is 0 Å². The van der Waals surface area contributed by atoms with Crippen LogP contribution in [0.5, 0.6) is 0 Å². The van der Waals surface area contributed by atoms with Crippen LogP contribution in [0.1, 0.15) is 16.7 Å². The van der Waals surface area contributed by atoms with E-state index in [4.69, 9.17) is 0 Å². The van der Waals surface area contributed by atoms with E-state index in [1.54, 1.807) is 0 Å². The van der Waals surface area contributed by atoms with E-state index >= 15 is 0 Å². The molecule has 1 N–H and O–H groups in total. The molecule has 0 fully saturated rings. The third-order valence-corrected chi connectivity index (χ3v) is 3.03. The van der Waals surface area contributed by atoms with Crippen LogP contribution >= 0.6 is 0 Å². The molecule has 80 valence electrons. The summed E-state index contributed by atoms with van der Waals surface area (Å²) in [5, 5.41) is 3.34. The minimum atomic E-state index is 0.955. The van der Waals surface area contributed by atoms with Crippen LogP contribution < -0.4 is 5.32 Å². The highest BCUT2D eigenvalue weighted by Gasteiger charge is 2.11. The number of fused-ring (bicyclic) bond motifs is 1. The number of hydrogen-bond donors (Lipinski definition) is 1. The van der Waals surface area contributed by atoms with Gasteiger partial charge in [0.05, 0.1) is 5.69 Å². The lowest BCUT2D eigenvalue weighted by molar-refractivity contribution is 0.764. The van der Waals surface area contributed by atoms with Crippen LogP contribution in [0, 0.1) is 6.92 Å². The summed E-state index contributed by atoms with van der Waals surface area (Å²) in [6.07, 6.45) is 1.99. The fourth-order valence-corrected chi connectivity index (χ4v) is 2.14. The molecule has 0 spiro atoms. The maximum absolute atomic E-state index is 4.52. The van der Waals surface area contributed by atoms with Crippen LogP contribution in [0.15, 0.2) is 36.5 Å². The average Bonchev–Trinajstić information content (AvgIpc) is 2.75. The molecule has 0 saturated heterocycles. The molecule has 0 atom stereocenters. The SMILES string of the molecule is Cc1cccc(-c2cc3c(cn2)CNC3)c1.